The molecular weight excluding hydrogens is 626 g/mol. The van der Waals surface area contributed by atoms with Crippen LogP contribution in [0.5, 0.6) is 17.2 Å². The van der Waals surface area contributed by atoms with Crippen molar-refractivity contribution in [3.8, 4) is 17.2 Å². The van der Waals surface area contributed by atoms with E-state index in [1.807, 2.05) is 0 Å². The van der Waals surface area contributed by atoms with Crippen molar-refractivity contribution in [1.29, 1.82) is 0 Å². The third-order valence-corrected chi connectivity index (χ3v) is 9.61. The SMILES string of the molecule is CCCCCCCC(=O)N[C@H]1C[C@H](O[C@H]2C[C@](O)(C(=O)CO)Cc3c(O)c4c(c(O)c32)C(=O)c2c(OC)cccc2C4=O)O[C@@H](C)[C@H]1O. The minimum absolute atomic E-state index is 0.0506. The van der Waals surface area contributed by atoms with Gasteiger partial charge in [0.05, 0.1) is 42.0 Å². The number of phenolic OH excluding ortho intramolecular Hbond substituents is 2. The highest BCUT2D eigenvalue weighted by Gasteiger charge is 2.50. The fraction of sp³-hybridized carbons (Fsp3) is 0.543. The molecule has 260 valence electrons. The molecule has 1 heterocycles. The van der Waals surface area contributed by atoms with Gasteiger partial charge < -0.3 is 45.1 Å². The Morgan fingerprint density at radius 2 is 1.75 bits per heavy atom. The predicted octanol–water partition coefficient (Wildman–Crippen LogP) is 2.52. The van der Waals surface area contributed by atoms with Crippen LogP contribution in [0.25, 0.3) is 0 Å². The Labute approximate surface area is 277 Å². The zero-order valence-electron chi connectivity index (χ0n) is 27.3. The number of benzene rings is 2. The number of hydrogen-bond donors (Lipinski definition) is 6. The van der Waals surface area contributed by atoms with Crippen molar-refractivity contribution in [2.75, 3.05) is 13.7 Å². The van der Waals surface area contributed by atoms with Gasteiger partial charge in [-0.15, -0.1) is 0 Å². The average Bonchev–Trinajstić information content (AvgIpc) is 3.06. The smallest absolute Gasteiger partial charge is 0.220 e. The first kappa shape index (κ1) is 35.4. The number of unbranched alkanes of at least 4 members (excludes halogenated alkanes) is 4. The van der Waals surface area contributed by atoms with Gasteiger partial charge in [0.15, 0.2) is 17.9 Å². The van der Waals surface area contributed by atoms with Crippen molar-refractivity contribution in [3.63, 3.8) is 0 Å². The Morgan fingerprint density at radius 3 is 2.44 bits per heavy atom. The number of ether oxygens (including phenoxy) is 3. The quantitative estimate of drug-likeness (QED) is 0.121. The summed E-state index contributed by atoms with van der Waals surface area (Å²) in [5.74, 6) is -4.14. The number of amides is 1. The van der Waals surface area contributed by atoms with Gasteiger partial charge in [0.25, 0.3) is 0 Å². The summed E-state index contributed by atoms with van der Waals surface area (Å²) in [4.78, 5) is 53.1. The number of phenols is 2. The highest BCUT2D eigenvalue weighted by molar-refractivity contribution is 6.31. The second-order valence-electron chi connectivity index (χ2n) is 12.8. The number of rotatable bonds is 12. The Hall–Kier alpha value is -3.88. The summed E-state index contributed by atoms with van der Waals surface area (Å²) in [5.41, 5.74) is -3.80. The summed E-state index contributed by atoms with van der Waals surface area (Å²) in [6.45, 7) is 2.64. The van der Waals surface area contributed by atoms with Gasteiger partial charge in [-0.2, -0.15) is 0 Å². The number of Topliss-reactive ketones (excluding diaryl/α,β-unsaturated/α-hetero) is 1. The van der Waals surface area contributed by atoms with E-state index < -0.39 is 95.7 Å². The molecule has 2 aromatic carbocycles. The maximum Gasteiger partial charge on any atom is 0.220 e. The minimum Gasteiger partial charge on any atom is -0.507 e. The molecule has 0 spiro atoms. The van der Waals surface area contributed by atoms with Crippen LogP contribution in [0.3, 0.4) is 0 Å². The number of aromatic hydroxyl groups is 2. The summed E-state index contributed by atoms with van der Waals surface area (Å²) in [6.07, 6.45) is -0.567. The molecule has 2 aromatic rings. The lowest BCUT2D eigenvalue weighted by atomic mass is 9.72. The highest BCUT2D eigenvalue weighted by atomic mass is 16.7. The van der Waals surface area contributed by atoms with Crippen LogP contribution in [0, 0.1) is 0 Å². The van der Waals surface area contributed by atoms with Crippen LogP contribution in [0.15, 0.2) is 18.2 Å². The highest BCUT2D eigenvalue weighted by Crippen LogP contribution is 2.52. The molecule has 6 N–H and O–H groups in total. The second kappa shape index (κ2) is 14.3. The van der Waals surface area contributed by atoms with Gasteiger partial charge in [-0.25, -0.2) is 0 Å². The van der Waals surface area contributed by atoms with Crippen LogP contribution in [0.4, 0.5) is 0 Å². The molecule has 1 amide bonds. The molecular formula is C35H43NO12. The van der Waals surface area contributed by atoms with E-state index in [0.717, 1.165) is 25.7 Å². The van der Waals surface area contributed by atoms with Gasteiger partial charge >= 0.3 is 0 Å². The standard InChI is InChI=1S/C35H43NO12/c1-4-5-6-7-8-12-24(39)36-20-13-25(47-17(2)30(20)40)48-22-15-35(45,23(38)16-37)14-19-27(22)34(44)29-28(32(19)42)31(41)18-10-9-11-21(46-3)26(18)33(29)43/h9-11,17,20,22,25,30,37,40,42,44-45H,4-8,12-16H2,1-3H3,(H,36,39)/t17-,20-,22-,25-,30+,35-/m0/s1. The summed E-state index contributed by atoms with van der Waals surface area (Å²) in [5, 5.41) is 58.0. The van der Waals surface area contributed by atoms with E-state index in [1.165, 1.54) is 25.3 Å². The molecule has 0 bridgehead atoms. The Bertz CT molecular complexity index is 1600. The van der Waals surface area contributed by atoms with Crippen molar-refractivity contribution in [2.45, 2.75) is 108 Å². The van der Waals surface area contributed by atoms with Gasteiger partial charge in [0, 0.05) is 42.4 Å². The average molecular weight is 670 g/mol. The molecule has 1 aliphatic heterocycles. The van der Waals surface area contributed by atoms with Crippen molar-refractivity contribution in [1.82, 2.24) is 5.32 Å². The van der Waals surface area contributed by atoms with E-state index in [9.17, 15) is 44.7 Å². The number of hydrogen-bond acceptors (Lipinski definition) is 12. The van der Waals surface area contributed by atoms with Gasteiger partial charge in [-0.3, -0.25) is 19.2 Å². The van der Waals surface area contributed by atoms with Crippen molar-refractivity contribution in [3.05, 3.63) is 51.6 Å². The maximum absolute atomic E-state index is 13.8. The topological polar surface area (TPSA) is 209 Å². The molecule has 0 saturated carbocycles. The number of carbonyl (C=O) groups excluding carboxylic acids is 4. The third kappa shape index (κ3) is 6.45. The molecule has 3 aliphatic rings. The first-order chi connectivity index (χ1) is 22.9. The molecule has 2 aliphatic carbocycles. The number of carbonyl (C=O) groups is 4. The molecule has 5 rings (SSSR count). The normalized spacial score (nSPS) is 26.3. The van der Waals surface area contributed by atoms with Gasteiger partial charge in [-0.05, 0) is 19.4 Å². The van der Waals surface area contributed by atoms with Crippen LogP contribution in [0.1, 0.15) is 114 Å². The minimum atomic E-state index is -2.29. The zero-order valence-corrected chi connectivity index (χ0v) is 27.3. The first-order valence-electron chi connectivity index (χ1n) is 16.4. The number of methoxy groups -OCH3 is 1. The van der Waals surface area contributed by atoms with E-state index in [1.54, 1.807) is 6.92 Å². The molecule has 0 aromatic heterocycles. The van der Waals surface area contributed by atoms with Crippen LogP contribution >= 0.6 is 0 Å². The zero-order chi connectivity index (χ0) is 34.9. The summed E-state index contributed by atoms with van der Waals surface area (Å²) in [7, 11) is 1.32. The first-order valence-corrected chi connectivity index (χ1v) is 16.4. The van der Waals surface area contributed by atoms with Gasteiger partial charge in [0.1, 0.15) is 35.6 Å². The molecule has 0 unspecified atom stereocenters. The molecule has 1 saturated heterocycles. The van der Waals surface area contributed by atoms with Crippen molar-refractivity contribution >= 4 is 23.3 Å². The summed E-state index contributed by atoms with van der Waals surface area (Å²) >= 11 is 0. The van der Waals surface area contributed by atoms with Crippen LogP contribution in [-0.2, 0) is 25.5 Å². The lowest BCUT2D eigenvalue weighted by Gasteiger charge is -2.43. The van der Waals surface area contributed by atoms with Crippen LogP contribution in [-0.4, -0.2) is 92.6 Å². The molecule has 13 nitrogen and oxygen atoms in total. The lowest BCUT2D eigenvalue weighted by molar-refractivity contribution is -0.249. The number of fused-ring (bicyclic) bond motifs is 3. The van der Waals surface area contributed by atoms with E-state index >= 15 is 0 Å². The fourth-order valence-electron chi connectivity index (χ4n) is 7.03. The molecule has 48 heavy (non-hydrogen) atoms. The number of nitrogens with one attached hydrogen (secondary N) is 1. The van der Waals surface area contributed by atoms with Gasteiger partial charge in [0.2, 0.25) is 11.7 Å². The second-order valence-corrected chi connectivity index (χ2v) is 12.8. The fourth-order valence-corrected chi connectivity index (χ4v) is 7.03. The van der Waals surface area contributed by atoms with E-state index in [0.29, 0.717) is 6.42 Å². The monoisotopic (exact) mass is 669 g/mol. The summed E-state index contributed by atoms with van der Waals surface area (Å²) < 4.78 is 17.4. The van der Waals surface area contributed by atoms with Gasteiger partial charge in [-0.1, -0.05) is 44.7 Å². The third-order valence-electron chi connectivity index (χ3n) is 9.61. The largest absolute Gasteiger partial charge is 0.507 e. The Balaban J connectivity index is 1.50. The molecule has 6 atom stereocenters. The number of aliphatic hydroxyl groups excluding tert-OH is 2. The van der Waals surface area contributed by atoms with Crippen LogP contribution < -0.4 is 10.1 Å². The summed E-state index contributed by atoms with van der Waals surface area (Å²) in [6, 6.07) is 3.58. The lowest BCUT2D eigenvalue weighted by Crippen LogP contribution is -2.55. The Kier molecular flexibility index (Phi) is 10.6. The Morgan fingerprint density at radius 1 is 1.04 bits per heavy atom. The van der Waals surface area contributed by atoms with E-state index in [-0.39, 0.29) is 46.8 Å². The predicted molar refractivity (Wildman–Crippen MR) is 169 cm³/mol. The van der Waals surface area contributed by atoms with E-state index in [4.69, 9.17) is 14.2 Å². The molecule has 13 heteroatoms. The number of ketones is 3. The van der Waals surface area contributed by atoms with Crippen molar-refractivity contribution < 1.29 is 58.9 Å². The van der Waals surface area contributed by atoms with Crippen molar-refractivity contribution in [2.24, 2.45) is 0 Å². The van der Waals surface area contributed by atoms with Crippen LogP contribution in [0.2, 0.25) is 0 Å². The number of aliphatic hydroxyl groups is 3. The maximum atomic E-state index is 13.8. The molecule has 1 fully saturated rings. The van der Waals surface area contributed by atoms with E-state index in [2.05, 4.69) is 12.2 Å². The molecule has 0 radical (unpaired) electrons.